The smallest absolute Gasteiger partial charge is 0.259 e. The Labute approximate surface area is 86.2 Å². The topological polar surface area (TPSA) is 66.4 Å². The molecule has 0 aromatic heterocycles. The van der Waals surface area contributed by atoms with Crippen molar-refractivity contribution in [3.8, 4) is 0 Å². The lowest BCUT2D eigenvalue weighted by atomic mass is 10.0. The van der Waals surface area contributed by atoms with Gasteiger partial charge in [0, 0.05) is 0 Å². The molecule has 2 amide bonds. The fourth-order valence-electron chi connectivity index (χ4n) is 1.55. The average molecular weight is 203 g/mol. The summed E-state index contributed by atoms with van der Waals surface area (Å²) in [6, 6.07) is 8.81. The van der Waals surface area contributed by atoms with Gasteiger partial charge in [-0.05, 0) is 5.56 Å². The van der Waals surface area contributed by atoms with Crippen molar-refractivity contribution >= 4 is 17.4 Å². The maximum Gasteiger partial charge on any atom is 0.259 e. The van der Waals surface area contributed by atoms with Gasteiger partial charge in [0.15, 0.2) is 0 Å². The van der Waals surface area contributed by atoms with Crippen LogP contribution in [-0.4, -0.2) is 23.5 Å². The largest absolute Gasteiger partial charge is 0.391 e. The predicted octanol–water partition coefficient (Wildman–Crippen LogP) is 0.0889. The zero-order chi connectivity index (χ0) is 10.8. The first kappa shape index (κ1) is 9.61. The Kier molecular flexibility index (Phi) is 2.35. The number of benzene rings is 1. The number of nitrogens with one attached hydrogen (secondary N) is 1. The van der Waals surface area contributed by atoms with Crippen LogP contribution in [0.3, 0.4) is 0 Å². The summed E-state index contributed by atoms with van der Waals surface area (Å²) in [4.78, 5) is 22.7. The molecule has 1 aromatic rings. The molecule has 2 rings (SSSR count). The van der Waals surface area contributed by atoms with Crippen molar-refractivity contribution in [3.05, 3.63) is 41.5 Å². The molecule has 1 aliphatic heterocycles. The Morgan fingerprint density at radius 2 is 1.73 bits per heavy atom. The predicted molar refractivity (Wildman–Crippen MR) is 53.6 cm³/mol. The van der Waals surface area contributed by atoms with Gasteiger partial charge >= 0.3 is 0 Å². The van der Waals surface area contributed by atoms with Gasteiger partial charge in [-0.25, -0.2) is 0 Å². The van der Waals surface area contributed by atoms with Crippen molar-refractivity contribution in [1.29, 1.82) is 0 Å². The van der Waals surface area contributed by atoms with Crippen LogP contribution < -0.4 is 5.32 Å². The molecule has 0 saturated heterocycles. The number of carbonyl (C=O) groups is 2. The van der Waals surface area contributed by atoms with E-state index in [4.69, 9.17) is 5.11 Å². The molecule has 15 heavy (non-hydrogen) atoms. The Hall–Kier alpha value is -1.94. The van der Waals surface area contributed by atoms with Crippen molar-refractivity contribution < 1.29 is 14.7 Å². The SMILES string of the molecule is O=C1NC(=O)C(c2ccccc2)=C1CO. The van der Waals surface area contributed by atoms with Crippen LogP contribution in [0.4, 0.5) is 0 Å². The van der Waals surface area contributed by atoms with Gasteiger partial charge < -0.3 is 5.11 Å². The standard InChI is InChI=1S/C11H9NO3/c13-6-8-9(11(15)12-10(8)14)7-4-2-1-3-5-7/h1-5,13H,6H2,(H,12,14,15). The van der Waals surface area contributed by atoms with E-state index in [1.54, 1.807) is 24.3 Å². The Bertz CT molecular complexity index is 448. The Morgan fingerprint density at radius 1 is 1.07 bits per heavy atom. The molecule has 0 unspecified atom stereocenters. The van der Waals surface area contributed by atoms with Crippen LogP contribution in [0.15, 0.2) is 35.9 Å². The molecule has 2 N–H and O–H groups in total. The van der Waals surface area contributed by atoms with Gasteiger partial charge in [-0.15, -0.1) is 0 Å². The van der Waals surface area contributed by atoms with E-state index in [2.05, 4.69) is 5.32 Å². The third kappa shape index (κ3) is 1.55. The summed E-state index contributed by atoms with van der Waals surface area (Å²) in [5.74, 6) is -0.961. The number of imide groups is 1. The molecule has 0 radical (unpaired) electrons. The van der Waals surface area contributed by atoms with E-state index in [-0.39, 0.29) is 11.1 Å². The van der Waals surface area contributed by atoms with Crippen molar-refractivity contribution in [1.82, 2.24) is 5.32 Å². The molecule has 0 saturated carbocycles. The molecular weight excluding hydrogens is 194 g/mol. The minimum atomic E-state index is -0.513. The molecule has 0 fully saturated rings. The Morgan fingerprint density at radius 3 is 2.33 bits per heavy atom. The van der Waals surface area contributed by atoms with E-state index < -0.39 is 18.4 Å². The maximum atomic E-state index is 11.5. The number of rotatable bonds is 2. The molecule has 4 heteroatoms. The van der Waals surface area contributed by atoms with Gasteiger partial charge in [-0.2, -0.15) is 0 Å². The van der Waals surface area contributed by atoms with Crippen LogP contribution in [0.2, 0.25) is 0 Å². The summed E-state index contributed by atoms with van der Waals surface area (Å²) < 4.78 is 0. The zero-order valence-electron chi connectivity index (χ0n) is 7.86. The average Bonchev–Trinajstić information content (AvgIpc) is 2.54. The highest BCUT2D eigenvalue weighted by atomic mass is 16.3. The van der Waals surface area contributed by atoms with E-state index in [1.807, 2.05) is 6.07 Å². The molecule has 0 spiro atoms. The first-order valence-corrected chi connectivity index (χ1v) is 4.49. The molecule has 0 atom stereocenters. The lowest BCUT2D eigenvalue weighted by Gasteiger charge is -2.00. The first-order chi connectivity index (χ1) is 7.24. The summed E-state index contributed by atoms with van der Waals surface area (Å²) in [5.41, 5.74) is 1.04. The van der Waals surface area contributed by atoms with Gasteiger partial charge in [0.1, 0.15) is 0 Å². The second-order valence-corrected chi connectivity index (χ2v) is 3.16. The number of amides is 2. The molecule has 0 aliphatic carbocycles. The number of hydrogen-bond donors (Lipinski definition) is 2. The first-order valence-electron chi connectivity index (χ1n) is 4.49. The number of hydrogen-bond acceptors (Lipinski definition) is 3. The quantitative estimate of drug-likeness (QED) is 0.669. The molecule has 76 valence electrons. The molecule has 4 nitrogen and oxygen atoms in total. The summed E-state index contributed by atoms with van der Waals surface area (Å²) in [6.45, 7) is -0.429. The fourth-order valence-corrected chi connectivity index (χ4v) is 1.55. The van der Waals surface area contributed by atoms with Crippen molar-refractivity contribution in [2.24, 2.45) is 0 Å². The molecule has 0 bridgehead atoms. The monoisotopic (exact) mass is 203 g/mol. The lowest BCUT2D eigenvalue weighted by Crippen LogP contribution is -2.23. The molecule has 1 heterocycles. The number of carbonyl (C=O) groups excluding carboxylic acids is 2. The van der Waals surface area contributed by atoms with Crippen LogP contribution in [-0.2, 0) is 9.59 Å². The summed E-state index contributed by atoms with van der Waals surface area (Å²) in [7, 11) is 0. The maximum absolute atomic E-state index is 11.5. The van der Waals surface area contributed by atoms with Crippen molar-refractivity contribution in [3.63, 3.8) is 0 Å². The summed E-state index contributed by atoms with van der Waals surface area (Å²) >= 11 is 0. The van der Waals surface area contributed by atoms with Crippen LogP contribution in [0.25, 0.3) is 5.57 Å². The number of aliphatic hydroxyl groups excluding tert-OH is 1. The molecular formula is C11H9NO3. The van der Waals surface area contributed by atoms with Crippen LogP contribution in [0, 0.1) is 0 Å². The highest BCUT2D eigenvalue weighted by molar-refractivity contribution is 6.36. The van der Waals surface area contributed by atoms with Gasteiger partial charge in [-0.3, -0.25) is 14.9 Å². The van der Waals surface area contributed by atoms with Crippen LogP contribution in [0.1, 0.15) is 5.56 Å². The Balaban J connectivity index is 2.55. The van der Waals surface area contributed by atoms with Gasteiger partial charge in [0.05, 0.1) is 17.8 Å². The number of aliphatic hydroxyl groups is 1. The zero-order valence-corrected chi connectivity index (χ0v) is 7.86. The van der Waals surface area contributed by atoms with Crippen molar-refractivity contribution in [2.75, 3.05) is 6.61 Å². The second kappa shape index (κ2) is 3.67. The normalized spacial score (nSPS) is 15.8. The van der Waals surface area contributed by atoms with Gasteiger partial charge in [-0.1, -0.05) is 30.3 Å². The van der Waals surface area contributed by atoms with Crippen molar-refractivity contribution in [2.45, 2.75) is 0 Å². The minimum absolute atomic E-state index is 0.131. The van der Waals surface area contributed by atoms with Gasteiger partial charge in [0.25, 0.3) is 11.8 Å². The minimum Gasteiger partial charge on any atom is -0.391 e. The molecule has 1 aliphatic rings. The van der Waals surface area contributed by atoms with E-state index >= 15 is 0 Å². The fraction of sp³-hybridized carbons (Fsp3) is 0.0909. The van der Waals surface area contributed by atoms with E-state index in [9.17, 15) is 9.59 Å². The van der Waals surface area contributed by atoms with Crippen LogP contribution >= 0.6 is 0 Å². The summed E-state index contributed by atoms with van der Waals surface area (Å²) in [5, 5.41) is 11.2. The second-order valence-electron chi connectivity index (χ2n) is 3.16. The highest BCUT2D eigenvalue weighted by Crippen LogP contribution is 2.23. The van der Waals surface area contributed by atoms with E-state index in [0.29, 0.717) is 5.56 Å². The third-order valence-electron chi connectivity index (χ3n) is 2.25. The van der Waals surface area contributed by atoms with E-state index in [0.717, 1.165) is 0 Å². The van der Waals surface area contributed by atoms with Crippen LogP contribution in [0.5, 0.6) is 0 Å². The lowest BCUT2D eigenvalue weighted by molar-refractivity contribution is -0.123. The molecule has 1 aromatic carbocycles. The highest BCUT2D eigenvalue weighted by Gasteiger charge is 2.30. The summed E-state index contributed by atoms with van der Waals surface area (Å²) in [6.07, 6.45) is 0. The van der Waals surface area contributed by atoms with Gasteiger partial charge in [0.2, 0.25) is 0 Å². The third-order valence-corrected chi connectivity index (χ3v) is 2.25. The van der Waals surface area contributed by atoms with E-state index in [1.165, 1.54) is 0 Å².